The van der Waals surface area contributed by atoms with Gasteiger partial charge in [0.15, 0.2) is 17.1 Å². The molecule has 2 aromatic rings. The molecule has 0 saturated heterocycles. The second-order valence-corrected chi connectivity index (χ2v) is 10.1. The molecule has 156 valence electrons. The highest BCUT2D eigenvalue weighted by atomic mass is 32.2. The van der Waals surface area contributed by atoms with E-state index in [1.54, 1.807) is 0 Å². The summed E-state index contributed by atoms with van der Waals surface area (Å²) in [5.41, 5.74) is 1.13. The Morgan fingerprint density at radius 1 is 1.23 bits per heavy atom. The van der Waals surface area contributed by atoms with Crippen molar-refractivity contribution in [3.8, 4) is 34.8 Å². The van der Waals surface area contributed by atoms with E-state index >= 15 is 0 Å². The lowest BCUT2D eigenvalue weighted by Gasteiger charge is -2.20. The third kappa shape index (κ3) is 5.47. The molecule has 1 heterocycles. The summed E-state index contributed by atoms with van der Waals surface area (Å²) < 4.78 is 11.4. The molecule has 0 bridgehead atoms. The van der Waals surface area contributed by atoms with Crippen molar-refractivity contribution in [2.45, 2.75) is 59.0 Å². The number of terminal acetylenes is 1. The van der Waals surface area contributed by atoms with Gasteiger partial charge >= 0.3 is 5.97 Å². The van der Waals surface area contributed by atoms with Crippen LogP contribution in [0.4, 0.5) is 0 Å². The number of hydrogen-bond donors (Lipinski definition) is 0. The predicted molar refractivity (Wildman–Crippen MR) is 123 cm³/mol. The molecule has 1 fully saturated rings. The molecular weight excluding hydrogens is 392 g/mol. The van der Waals surface area contributed by atoms with Crippen molar-refractivity contribution in [2.24, 2.45) is 5.92 Å². The van der Waals surface area contributed by atoms with Gasteiger partial charge in [0.05, 0.1) is 0 Å². The zero-order valence-electron chi connectivity index (χ0n) is 18.2. The Balaban J connectivity index is 1.64. The Morgan fingerprint density at radius 2 is 1.90 bits per heavy atom. The molecule has 0 radical (unpaired) electrons. The predicted octanol–water partition coefficient (Wildman–Crippen LogP) is 5.92. The molecule has 3 nitrogen and oxygen atoms in total. The smallest absolute Gasteiger partial charge is 0.345 e. The van der Waals surface area contributed by atoms with Gasteiger partial charge in [-0.25, -0.2) is 4.79 Å². The molecule has 1 saturated carbocycles. The highest BCUT2D eigenvalue weighted by Crippen LogP contribution is 2.38. The summed E-state index contributed by atoms with van der Waals surface area (Å²) in [7, 11) is -0.205. The maximum Gasteiger partial charge on any atom is 0.345 e. The number of aryl methyl sites for hydroxylation is 2. The summed E-state index contributed by atoms with van der Waals surface area (Å²) >= 11 is 0. The van der Waals surface area contributed by atoms with Gasteiger partial charge in [-0.15, -0.1) is 6.42 Å². The standard InChI is InChI=1S/C26H29O3S/c1-6-22-12-9-15-30(22)23-16-19(2)25(20(3)17-23)28-18-24(27)29-26(4,5)14-13-21-10-7-8-11-21/h1,9,12,15-17,21H,7-8,10-11,18H2,2-5H3/q+1. The molecule has 1 unspecified atom stereocenters. The number of rotatable bonds is 5. The first-order valence-electron chi connectivity index (χ1n) is 10.4. The summed E-state index contributed by atoms with van der Waals surface area (Å²) in [6.07, 6.45) is 10.4. The van der Waals surface area contributed by atoms with E-state index in [2.05, 4.69) is 35.3 Å². The summed E-state index contributed by atoms with van der Waals surface area (Å²) in [5, 5.41) is 2.12. The fourth-order valence-electron chi connectivity index (χ4n) is 3.75. The van der Waals surface area contributed by atoms with Crippen LogP contribution in [0.15, 0.2) is 29.6 Å². The van der Waals surface area contributed by atoms with Crippen LogP contribution in [0.5, 0.6) is 5.75 Å². The summed E-state index contributed by atoms with van der Waals surface area (Å²) in [4.78, 5) is 14.5. The summed E-state index contributed by atoms with van der Waals surface area (Å²) in [6.45, 7) is 7.47. The van der Waals surface area contributed by atoms with Crippen molar-refractivity contribution >= 4 is 16.4 Å². The molecule has 1 aliphatic rings. The lowest BCUT2D eigenvalue weighted by atomic mass is 10.1. The van der Waals surface area contributed by atoms with E-state index in [0.717, 1.165) is 33.7 Å². The third-order valence-corrected chi connectivity index (χ3v) is 7.07. The fraction of sp³-hybridized carbons (Fsp3) is 0.423. The van der Waals surface area contributed by atoms with Gasteiger partial charge in [0.25, 0.3) is 0 Å². The van der Waals surface area contributed by atoms with E-state index in [9.17, 15) is 4.79 Å². The SMILES string of the molecule is C#Cc1ccc[s+]1-c1cc(C)c(OCC(=O)OC(C)(C)C#CC2CCCC2)c(C)c1. The van der Waals surface area contributed by atoms with Crippen molar-refractivity contribution in [2.75, 3.05) is 6.61 Å². The van der Waals surface area contributed by atoms with Crippen LogP contribution in [0.25, 0.3) is 4.90 Å². The number of carbonyl (C=O) groups is 1. The van der Waals surface area contributed by atoms with Crippen molar-refractivity contribution in [3.05, 3.63) is 45.6 Å². The Labute approximate surface area is 182 Å². The minimum Gasteiger partial charge on any atom is -0.481 e. The lowest BCUT2D eigenvalue weighted by molar-refractivity contribution is -0.154. The van der Waals surface area contributed by atoms with Gasteiger partial charge < -0.3 is 9.47 Å². The average molecular weight is 422 g/mol. The lowest BCUT2D eigenvalue weighted by Crippen LogP contribution is -2.29. The minimum atomic E-state index is -0.815. The molecule has 1 aliphatic carbocycles. The maximum absolute atomic E-state index is 12.4. The largest absolute Gasteiger partial charge is 0.481 e. The fourth-order valence-corrected chi connectivity index (χ4v) is 5.50. The molecule has 0 spiro atoms. The first-order valence-corrected chi connectivity index (χ1v) is 11.6. The van der Waals surface area contributed by atoms with E-state index in [-0.39, 0.29) is 17.1 Å². The molecule has 1 aromatic carbocycles. The van der Waals surface area contributed by atoms with Crippen LogP contribution in [0.2, 0.25) is 0 Å². The Kier molecular flexibility index (Phi) is 6.91. The van der Waals surface area contributed by atoms with Crippen LogP contribution in [0.1, 0.15) is 55.5 Å². The van der Waals surface area contributed by atoms with Gasteiger partial charge in [0, 0.05) is 34.6 Å². The molecule has 0 amide bonds. The first kappa shape index (κ1) is 22.0. The topological polar surface area (TPSA) is 35.5 Å². The zero-order valence-corrected chi connectivity index (χ0v) is 19.0. The van der Waals surface area contributed by atoms with E-state index in [1.807, 2.05) is 39.8 Å². The zero-order chi connectivity index (χ0) is 21.7. The molecule has 4 heteroatoms. The van der Waals surface area contributed by atoms with Crippen LogP contribution >= 0.6 is 10.5 Å². The number of hydrogen-bond acceptors (Lipinski definition) is 3. The first-order chi connectivity index (χ1) is 14.3. The summed E-state index contributed by atoms with van der Waals surface area (Å²) in [6, 6.07) is 8.13. The van der Waals surface area contributed by atoms with Crippen LogP contribution in [0, 0.1) is 44.0 Å². The molecule has 3 rings (SSSR count). The van der Waals surface area contributed by atoms with Crippen LogP contribution < -0.4 is 4.74 Å². The second-order valence-electron chi connectivity index (χ2n) is 8.25. The molecule has 30 heavy (non-hydrogen) atoms. The van der Waals surface area contributed by atoms with Gasteiger partial charge in [0.2, 0.25) is 4.88 Å². The monoisotopic (exact) mass is 421 g/mol. The van der Waals surface area contributed by atoms with E-state index in [4.69, 9.17) is 15.9 Å². The minimum absolute atomic E-state index is 0.142. The molecule has 1 atom stereocenters. The van der Waals surface area contributed by atoms with Crippen LogP contribution in [0.3, 0.4) is 0 Å². The van der Waals surface area contributed by atoms with Gasteiger partial charge in [-0.05, 0) is 63.7 Å². The van der Waals surface area contributed by atoms with Gasteiger partial charge in [-0.3, -0.25) is 0 Å². The second kappa shape index (κ2) is 9.41. The number of thiophene rings is 1. The van der Waals surface area contributed by atoms with Crippen molar-refractivity contribution < 1.29 is 14.3 Å². The Hall–Kier alpha value is -2.69. The Bertz CT molecular complexity index is 998. The summed E-state index contributed by atoms with van der Waals surface area (Å²) in [5.74, 6) is 9.89. The van der Waals surface area contributed by atoms with E-state index < -0.39 is 11.6 Å². The van der Waals surface area contributed by atoms with Gasteiger partial charge in [-0.2, -0.15) is 0 Å². The maximum atomic E-state index is 12.4. The third-order valence-electron chi connectivity index (χ3n) is 5.17. The van der Waals surface area contributed by atoms with Crippen molar-refractivity contribution in [1.29, 1.82) is 0 Å². The van der Waals surface area contributed by atoms with Crippen molar-refractivity contribution in [3.63, 3.8) is 0 Å². The van der Waals surface area contributed by atoms with Crippen molar-refractivity contribution in [1.82, 2.24) is 0 Å². The highest BCUT2D eigenvalue weighted by molar-refractivity contribution is 7.38. The number of benzene rings is 1. The van der Waals surface area contributed by atoms with E-state index in [0.29, 0.717) is 11.7 Å². The number of esters is 1. The number of ether oxygens (including phenoxy) is 2. The van der Waals surface area contributed by atoms with Crippen LogP contribution in [-0.2, 0) is 9.53 Å². The highest BCUT2D eigenvalue weighted by Gasteiger charge is 2.23. The Morgan fingerprint density at radius 3 is 2.53 bits per heavy atom. The quantitative estimate of drug-likeness (QED) is 0.342. The van der Waals surface area contributed by atoms with Gasteiger partial charge in [0.1, 0.15) is 11.1 Å². The van der Waals surface area contributed by atoms with Crippen LogP contribution in [-0.4, -0.2) is 18.2 Å². The molecular formula is C26H29O3S+. The average Bonchev–Trinajstić information content (AvgIpc) is 3.36. The molecule has 1 aromatic heterocycles. The van der Waals surface area contributed by atoms with Gasteiger partial charge in [-0.1, -0.05) is 24.7 Å². The normalized spacial score (nSPS) is 14.6. The van der Waals surface area contributed by atoms with E-state index in [1.165, 1.54) is 12.8 Å². The molecule has 0 aliphatic heterocycles. The molecule has 0 N–H and O–H groups in total. The number of carbonyl (C=O) groups excluding carboxylic acids is 1.